The normalized spacial score (nSPS) is 10.2. The van der Waals surface area contributed by atoms with E-state index in [-0.39, 0.29) is 0 Å². The third kappa shape index (κ3) is 5.01. The van der Waals surface area contributed by atoms with Crippen LogP contribution in [0, 0.1) is 12.3 Å². The SMILES string of the molecule is C#CCCCCNCc1ccc(COC)o1. The predicted molar refractivity (Wildman–Crippen MR) is 63.8 cm³/mol. The molecule has 16 heavy (non-hydrogen) atoms. The molecule has 0 saturated heterocycles. The fourth-order valence-electron chi connectivity index (χ4n) is 1.43. The molecule has 1 aromatic rings. The first-order chi connectivity index (χ1) is 7.86. The summed E-state index contributed by atoms with van der Waals surface area (Å²) in [4.78, 5) is 0. The molecule has 0 amide bonds. The Morgan fingerprint density at radius 1 is 1.38 bits per heavy atom. The maximum absolute atomic E-state index is 5.53. The maximum atomic E-state index is 5.53. The first-order valence-electron chi connectivity index (χ1n) is 5.57. The quantitative estimate of drug-likeness (QED) is 0.540. The van der Waals surface area contributed by atoms with Crippen LogP contribution in [0.25, 0.3) is 0 Å². The number of ether oxygens (including phenoxy) is 1. The zero-order valence-electron chi connectivity index (χ0n) is 9.79. The molecule has 0 saturated carbocycles. The Hall–Kier alpha value is -1.24. The molecule has 0 aliphatic heterocycles. The average Bonchev–Trinajstić information content (AvgIpc) is 2.72. The van der Waals surface area contributed by atoms with Crippen LogP contribution < -0.4 is 5.32 Å². The van der Waals surface area contributed by atoms with Gasteiger partial charge in [0.05, 0.1) is 6.54 Å². The highest BCUT2D eigenvalue weighted by molar-refractivity contribution is 5.06. The second-order valence-electron chi connectivity index (χ2n) is 3.64. The lowest BCUT2D eigenvalue weighted by atomic mass is 10.2. The van der Waals surface area contributed by atoms with Crippen molar-refractivity contribution >= 4 is 0 Å². The average molecular weight is 221 g/mol. The third-order valence-corrected chi connectivity index (χ3v) is 2.23. The monoisotopic (exact) mass is 221 g/mol. The molecule has 0 spiro atoms. The zero-order valence-corrected chi connectivity index (χ0v) is 9.79. The van der Waals surface area contributed by atoms with Crippen molar-refractivity contribution in [2.45, 2.75) is 32.4 Å². The van der Waals surface area contributed by atoms with Crippen LogP contribution in [-0.2, 0) is 17.9 Å². The minimum absolute atomic E-state index is 0.530. The number of methoxy groups -OCH3 is 1. The van der Waals surface area contributed by atoms with Crippen molar-refractivity contribution in [2.24, 2.45) is 0 Å². The van der Waals surface area contributed by atoms with Gasteiger partial charge in [-0.3, -0.25) is 0 Å². The summed E-state index contributed by atoms with van der Waals surface area (Å²) in [6.07, 6.45) is 8.22. The van der Waals surface area contributed by atoms with E-state index in [1.165, 1.54) is 0 Å². The Kier molecular flexibility index (Phi) is 6.39. The lowest BCUT2D eigenvalue weighted by Crippen LogP contribution is -2.14. The van der Waals surface area contributed by atoms with Gasteiger partial charge in [-0.2, -0.15) is 0 Å². The molecule has 0 bridgehead atoms. The summed E-state index contributed by atoms with van der Waals surface area (Å²) >= 11 is 0. The van der Waals surface area contributed by atoms with Crippen LogP contribution in [0.3, 0.4) is 0 Å². The van der Waals surface area contributed by atoms with E-state index in [1.54, 1.807) is 7.11 Å². The standard InChI is InChI=1S/C13H19NO2/c1-3-4-5-6-9-14-10-12-7-8-13(16-12)11-15-2/h1,7-8,14H,4-6,9-11H2,2H3. The Morgan fingerprint density at radius 2 is 2.19 bits per heavy atom. The lowest BCUT2D eigenvalue weighted by molar-refractivity contribution is 0.162. The van der Waals surface area contributed by atoms with Crippen LogP contribution in [0.1, 0.15) is 30.8 Å². The van der Waals surface area contributed by atoms with Crippen LogP contribution in [0.5, 0.6) is 0 Å². The smallest absolute Gasteiger partial charge is 0.129 e. The second kappa shape index (κ2) is 7.98. The van der Waals surface area contributed by atoms with Gasteiger partial charge < -0.3 is 14.5 Å². The molecule has 88 valence electrons. The Bertz CT molecular complexity index is 325. The van der Waals surface area contributed by atoms with E-state index in [2.05, 4.69) is 11.2 Å². The molecule has 0 radical (unpaired) electrons. The van der Waals surface area contributed by atoms with Crippen LogP contribution in [0.2, 0.25) is 0 Å². The van der Waals surface area contributed by atoms with Crippen molar-refractivity contribution in [3.8, 4) is 12.3 Å². The molecule has 0 aromatic carbocycles. The fraction of sp³-hybridized carbons (Fsp3) is 0.538. The van der Waals surface area contributed by atoms with E-state index in [0.717, 1.165) is 43.9 Å². The third-order valence-electron chi connectivity index (χ3n) is 2.23. The number of hydrogen-bond acceptors (Lipinski definition) is 3. The molecule has 3 nitrogen and oxygen atoms in total. The fourth-order valence-corrected chi connectivity index (χ4v) is 1.43. The highest BCUT2D eigenvalue weighted by atomic mass is 16.5. The van der Waals surface area contributed by atoms with Crippen LogP contribution >= 0.6 is 0 Å². The molecular weight excluding hydrogens is 202 g/mol. The molecule has 0 unspecified atom stereocenters. The topological polar surface area (TPSA) is 34.4 Å². The van der Waals surface area contributed by atoms with Crippen molar-refractivity contribution in [3.05, 3.63) is 23.7 Å². The van der Waals surface area contributed by atoms with Crippen molar-refractivity contribution < 1.29 is 9.15 Å². The Labute approximate surface area is 97.2 Å². The number of unbranched alkanes of at least 4 members (excludes halogenated alkanes) is 2. The summed E-state index contributed by atoms with van der Waals surface area (Å²) in [5.74, 6) is 4.45. The van der Waals surface area contributed by atoms with E-state index < -0.39 is 0 Å². The number of rotatable bonds is 8. The predicted octanol–water partition coefficient (Wildman–Crippen LogP) is 2.32. The van der Waals surface area contributed by atoms with E-state index in [4.69, 9.17) is 15.6 Å². The molecule has 1 rings (SSSR count). The number of furan rings is 1. The van der Waals surface area contributed by atoms with Gasteiger partial charge in [0.15, 0.2) is 0 Å². The van der Waals surface area contributed by atoms with Gasteiger partial charge >= 0.3 is 0 Å². The maximum Gasteiger partial charge on any atom is 0.129 e. The highest BCUT2D eigenvalue weighted by Crippen LogP contribution is 2.08. The summed E-state index contributed by atoms with van der Waals surface area (Å²) in [5, 5.41) is 3.31. The molecule has 0 aliphatic rings. The van der Waals surface area contributed by atoms with E-state index in [9.17, 15) is 0 Å². The van der Waals surface area contributed by atoms with Crippen LogP contribution in [0.15, 0.2) is 16.5 Å². The number of nitrogens with one attached hydrogen (secondary N) is 1. The molecule has 1 aromatic heterocycles. The van der Waals surface area contributed by atoms with E-state index in [0.29, 0.717) is 6.61 Å². The van der Waals surface area contributed by atoms with Crippen molar-refractivity contribution in [1.29, 1.82) is 0 Å². The summed E-state index contributed by atoms with van der Waals surface area (Å²) < 4.78 is 10.5. The molecule has 0 atom stereocenters. The number of hydrogen-bond donors (Lipinski definition) is 1. The Balaban J connectivity index is 2.10. The van der Waals surface area contributed by atoms with Crippen molar-refractivity contribution in [2.75, 3.05) is 13.7 Å². The molecule has 1 heterocycles. The lowest BCUT2D eigenvalue weighted by Gasteiger charge is -2.01. The first kappa shape index (κ1) is 12.8. The summed E-state index contributed by atoms with van der Waals surface area (Å²) in [7, 11) is 1.66. The van der Waals surface area contributed by atoms with Gasteiger partial charge in [0.1, 0.15) is 18.1 Å². The van der Waals surface area contributed by atoms with Crippen molar-refractivity contribution in [3.63, 3.8) is 0 Å². The number of terminal acetylenes is 1. The summed E-state index contributed by atoms with van der Waals surface area (Å²) in [5.41, 5.74) is 0. The van der Waals surface area contributed by atoms with E-state index >= 15 is 0 Å². The van der Waals surface area contributed by atoms with Crippen molar-refractivity contribution in [1.82, 2.24) is 5.32 Å². The van der Waals surface area contributed by atoms with Gasteiger partial charge in [-0.05, 0) is 31.5 Å². The van der Waals surface area contributed by atoms with Crippen LogP contribution in [0.4, 0.5) is 0 Å². The van der Waals surface area contributed by atoms with Gasteiger partial charge in [-0.1, -0.05) is 0 Å². The molecule has 1 N–H and O–H groups in total. The molecule has 0 aliphatic carbocycles. The minimum atomic E-state index is 0.530. The summed E-state index contributed by atoms with van der Waals surface area (Å²) in [6, 6.07) is 3.92. The largest absolute Gasteiger partial charge is 0.462 e. The Morgan fingerprint density at radius 3 is 2.94 bits per heavy atom. The van der Waals surface area contributed by atoms with Crippen LogP contribution in [-0.4, -0.2) is 13.7 Å². The van der Waals surface area contributed by atoms with Gasteiger partial charge in [0.25, 0.3) is 0 Å². The van der Waals surface area contributed by atoms with Gasteiger partial charge in [0, 0.05) is 13.5 Å². The van der Waals surface area contributed by atoms with Gasteiger partial charge in [-0.25, -0.2) is 0 Å². The minimum Gasteiger partial charge on any atom is -0.462 e. The van der Waals surface area contributed by atoms with Gasteiger partial charge in [-0.15, -0.1) is 12.3 Å². The zero-order chi connectivity index (χ0) is 11.6. The van der Waals surface area contributed by atoms with Gasteiger partial charge in [0.2, 0.25) is 0 Å². The first-order valence-corrected chi connectivity index (χ1v) is 5.57. The molecular formula is C13H19NO2. The molecule has 3 heteroatoms. The van der Waals surface area contributed by atoms with E-state index in [1.807, 2.05) is 12.1 Å². The molecule has 0 fully saturated rings. The second-order valence-corrected chi connectivity index (χ2v) is 3.64. The highest BCUT2D eigenvalue weighted by Gasteiger charge is 2.00. The summed E-state index contributed by atoms with van der Waals surface area (Å²) in [6.45, 7) is 2.27.